The van der Waals surface area contributed by atoms with Gasteiger partial charge in [0.1, 0.15) is 6.04 Å². The summed E-state index contributed by atoms with van der Waals surface area (Å²) in [6.45, 7) is 10.3. The van der Waals surface area contributed by atoms with Crippen LogP contribution in [-0.2, 0) is 22.5 Å². The molecule has 0 unspecified atom stereocenters. The van der Waals surface area contributed by atoms with Crippen LogP contribution in [0.5, 0.6) is 6.01 Å². The van der Waals surface area contributed by atoms with Gasteiger partial charge in [-0.05, 0) is 49.2 Å². The maximum absolute atomic E-state index is 12.5. The van der Waals surface area contributed by atoms with E-state index in [2.05, 4.69) is 47.5 Å². The van der Waals surface area contributed by atoms with Gasteiger partial charge in [-0.3, -0.25) is 4.90 Å². The van der Waals surface area contributed by atoms with Gasteiger partial charge in [0.2, 0.25) is 11.9 Å². The zero-order valence-corrected chi connectivity index (χ0v) is 21.1. The predicted octanol–water partition coefficient (Wildman–Crippen LogP) is 4.36. The fourth-order valence-electron chi connectivity index (χ4n) is 4.25. The van der Waals surface area contributed by atoms with Crippen LogP contribution in [0.2, 0.25) is 0 Å². The quantitative estimate of drug-likeness (QED) is 0.310. The van der Waals surface area contributed by atoms with Crippen LogP contribution in [0.4, 0.5) is 23.3 Å². The van der Waals surface area contributed by atoms with Crippen molar-refractivity contribution in [1.82, 2.24) is 19.9 Å². The van der Waals surface area contributed by atoms with Gasteiger partial charge in [-0.2, -0.15) is 15.0 Å². The van der Waals surface area contributed by atoms with Crippen LogP contribution in [0.3, 0.4) is 0 Å². The van der Waals surface area contributed by atoms with Gasteiger partial charge in [0.05, 0.1) is 20.8 Å². The number of hydrogen-bond acceptors (Lipinski definition) is 9. The molecule has 192 valence electrons. The van der Waals surface area contributed by atoms with E-state index >= 15 is 0 Å². The van der Waals surface area contributed by atoms with Crippen molar-refractivity contribution in [2.24, 2.45) is 0 Å². The number of piperidine rings is 1. The van der Waals surface area contributed by atoms with E-state index < -0.39 is 12.0 Å². The number of carbonyl (C=O) groups excluding carboxylic acids is 1. The lowest BCUT2D eigenvalue weighted by Crippen LogP contribution is -2.33. The molecule has 1 aromatic heterocycles. The first-order valence-electron chi connectivity index (χ1n) is 12.3. The Hall–Kier alpha value is -4.23. The Bertz CT molecular complexity index is 1240. The predicted molar refractivity (Wildman–Crippen MR) is 141 cm³/mol. The van der Waals surface area contributed by atoms with Crippen molar-refractivity contribution in [2.45, 2.75) is 38.3 Å². The molecule has 10 nitrogen and oxygen atoms in total. The van der Waals surface area contributed by atoms with Crippen molar-refractivity contribution in [2.75, 3.05) is 37.9 Å². The zero-order chi connectivity index (χ0) is 26.0. The minimum Gasteiger partial charge on any atom is -0.467 e. The summed E-state index contributed by atoms with van der Waals surface area (Å²) in [5.74, 6) is -0.00458. The maximum atomic E-state index is 12.5. The second-order valence-electron chi connectivity index (χ2n) is 8.83. The lowest BCUT2D eigenvalue weighted by Gasteiger charge is -2.26. The van der Waals surface area contributed by atoms with Gasteiger partial charge in [-0.25, -0.2) is 9.64 Å². The smallest absolute Gasteiger partial charge is 0.328 e. The van der Waals surface area contributed by atoms with E-state index in [4.69, 9.17) is 16.0 Å². The molecule has 0 radical (unpaired) electrons. The molecule has 3 aromatic rings. The van der Waals surface area contributed by atoms with Crippen molar-refractivity contribution in [1.29, 1.82) is 0 Å². The molecular weight excluding hydrogens is 470 g/mol. The molecule has 0 bridgehead atoms. The number of esters is 1. The molecule has 1 saturated heterocycles. The molecule has 1 fully saturated rings. The zero-order valence-electron chi connectivity index (χ0n) is 21.1. The minimum absolute atomic E-state index is 0.106. The van der Waals surface area contributed by atoms with Gasteiger partial charge in [0.25, 0.3) is 0 Å². The van der Waals surface area contributed by atoms with E-state index in [-0.39, 0.29) is 17.9 Å². The Labute approximate surface area is 216 Å². The van der Waals surface area contributed by atoms with E-state index in [1.807, 2.05) is 24.3 Å². The van der Waals surface area contributed by atoms with E-state index in [0.717, 1.165) is 30.9 Å². The maximum Gasteiger partial charge on any atom is 0.328 e. The molecule has 2 heterocycles. The summed E-state index contributed by atoms with van der Waals surface area (Å²) in [5.41, 5.74) is 3.45. The van der Waals surface area contributed by atoms with Crippen LogP contribution in [-0.4, -0.2) is 59.2 Å². The van der Waals surface area contributed by atoms with Crippen LogP contribution in [0.25, 0.3) is 4.85 Å². The van der Waals surface area contributed by atoms with E-state index in [9.17, 15) is 4.79 Å². The Balaban J connectivity index is 1.50. The van der Waals surface area contributed by atoms with Crippen LogP contribution in [0.1, 0.15) is 30.4 Å². The van der Waals surface area contributed by atoms with Crippen molar-refractivity contribution in [3.05, 3.63) is 71.1 Å². The molecule has 10 heteroatoms. The first-order valence-corrected chi connectivity index (χ1v) is 12.3. The van der Waals surface area contributed by atoms with Gasteiger partial charge in [0, 0.05) is 18.7 Å². The van der Waals surface area contributed by atoms with Crippen molar-refractivity contribution < 1.29 is 14.3 Å². The lowest BCUT2D eigenvalue weighted by molar-refractivity contribution is -0.141. The number of nitrogens with one attached hydrogen (secondary N) is 2. The molecule has 0 amide bonds. The Morgan fingerprint density at radius 1 is 1.03 bits per heavy atom. The van der Waals surface area contributed by atoms with Crippen LogP contribution < -0.4 is 15.4 Å². The van der Waals surface area contributed by atoms with Crippen LogP contribution in [0, 0.1) is 6.57 Å². The van der Waals surface area contributed by atoms with Crippen molar-refractivity contribution >= 4 is 29.2 Å². The molecule has 37 heavy (non-hydrogen) atoms. The standard InChI is InChI=1S/C27H31N7O3/c1-28-21-12-10-19(11-13-21)17-23(24(35)36-2)30-26-31-25(32-27(33-26)37-3)29-22-9-7-8-20(16-22)18-34-14-5-4-6-15-34/h7-13,16,23H,4-6,14-15,17-18H2,2-3H3,(H2,29,30,31,32,33)/t23-/m0/s1. The summed E-state index contributed by atoms with van der Waals surface area (Å²) in [5, 5.41) is 6.28. The molecule has 0 spiro atoms. The number of benzene rings is 2. The van der Waals surface area contributed by atoms with E-state index in [1.54, 1.807) is 12.1 Å². The van der Waals surface area contributed by atoms with Gasteiger partial charge in [-0.1, -0.05) is 42.8 Å². The molecule has 2 N–H and O–H groups in total. The third kappa shape index (κ3) is 7.38. The molecular formula is C27H31N7O3. The SMILES string of the molecule is [C-]#[N+]c1ccc(C[C@H](Nc2nc(Nc3cccc(CN4CCCCC4)c3)nc(OC)n2)C(=O)OC)cc1. The number of ether oxygens (including phenoxy) is 2. The van der Waals surface area contributed by atoms with Gasteiger partial charge >= 0.3 is 12.0 Å². The first-order chi connectivity index (χ1) is 18.1. The van der Waals surface area contributed by atoms with Crippen LogP contribution >= 0.6 is 0 Å². The molecule has 0 aliphatic carbocycles. The lowest BCUT2D eigenvalue weighted by atomic mass is 10.1. The van der Waals surface area contributed by atoms with Gasteiger partial charge in [0.15, 0.2) is 5.69 Å². The second kappa shape index (κ2) is 12.6. The number of hydrogen-bond donors (Lipinski definition) is 2. The van der Waals surface area contributed by atoms with Gasteiger partial charge < -0.3 is 20.1 Å². The largest absolute Gasteiger partial charge is 0.467 e. The highest BCUT2D eigenvalue weighted by Gasteiger charge is 2.22. The Morgan fingerprint density at radius 3 is 2.49 bits per heavy atom. The summed E-state index contributed by atoms with van der Waals surface area (Å²) < 4.78 is 10.3. The average molecular weight is 502 g/mol. The fourth-order valence-corrected chi connectivity index (χ4v) is 4.25. The molecule has 1 aliphatic heterocycles. The van der Waals surface area contributed by atoms with Crippen molar-refractivity contribution in [3.63, 3.8) is 0 Å². The average Bonchev–Trinajstić information content (AvgIpc) is 2.93. The van der Waals surface area contributed by atoms with E-state index in [1.165, 1.54) is 39.0 Å². The second-order valence-corrected chi connectivity index (χ2v) is 8.83. The number of methoxy groups -OCH3 is 2. The number of aromatic nitrogens is 3. The molecule has 4 rings (SSSR count). The Kier molecular flexibility index (Phi) is 8.84. The third-order valence-electron chi connectivity index (χ3n) is 6.13. The molecule has 1 aliphatic rings. The number of nitrogens with zero attached hydrogens (tertiary/aromatic N) is 5. The minimum atomic E-state index is -0.753. The topological polar surface area (TPSA) is 106 Å². The summed E-state index contributed by atoms with van der Waals surface area (Å²) in [4.78, 5) is 31.4. The highest BCUT2D eigenvalue weighted by molar-refractivity contribution is 5.79. The van der Waals surface area contributed by atoms with Crippen molar-refractivity contribution in [3.8, 4) is 6.01 Å². The number of anilines is 3. The molecule has 2 aromatic carbocycles. The summed E-state index contributed by atoms with van der Waals surface area (Å²) >= 11 is 0. The Morgan fingerprint density at radius 2 is 1.78 bits per heavy atom. The van der Waals surface area contributed by atoms with Gasteiger partial charge in [-0.15, -0.1) is 0 Å². The van der Waals surface area contributed by atoms with Crippen LogP contribution in [0.15, 0.2) is 48.5 Å². The summed E-state index contributed by atoms with van der Waals surface area (Å²) in [6.07, 6.45) is 4.12. The number of likely N-dealkylation sites (tertiary alicyclic amines) is 1. The molecule has 1 atom stereocenters. The summed E-state index contributed by atoms with van der Waals surface area (Å²) in [6, 6.07) is 14.6. The third-order valence-corrected chi connectivity index (χ3v) is 6.13. The highest BCUT2D eigenvalue weighted by atomic mass is 16.5. The van der Waals surface area contributed by atoms with E-state index in [0.29, 0.717) is 12.1 Å². The first kappa shape index (κ1) is 25.9. The monoisotopic (exact) mass is 501 g/mol. The highest BCUT2D eigenvalue weighted by Crippen LogP contribution is 2.21. The fraction of sp³-hybridized carbons (Fsp3) is 0.370. The molecule has 0 saturated carbocycles. The number of carbonyl (C=O) groups is 1. The normalized spacial score (nSPS) is 14.3. The summed E-state index contributed by atoms with van der Waals surface area (Å²) in [7, 11) is 2.80. The number of rotatable bonds is 10.